The molecule has 0 amide bonds. The number of halogens is 3. The molecule has 0 aromatic rings. The zero-order valence-electron chi connectivity index (χ0n) is 3.71. The maximum Gasteiger partial charge on any atom is 0.525 e. The summed E-state index contributed by atoms with van der Waals surface area (Å²) in [5.74, 6) is 0. The first-order chi connectivity index (χ1) is 3.81. The minimum Gasteiger partial charge on any atom is -0.235 e. The second-order valence-corrected chi connectivity index (χ2v) is 2.49. The normalized spacial score (nSPS) is 13.8. The maximum absolute atomic E-state index is 11.0. The molecule has 0 bridgehead atoms. The van der Waals surface area contributed by atoms with E-state index in [0.717, 1.165) is 0 Å². The van der Waals surface area contributed by atoms with Crippen LogP contribution in [0, 0.1) is 0 Å². The van der Waals surface area contributed by atoms with Gasteiger partial charge in [-0.2, -0.15) is 21.6 Å². The van der Waals surface area contributed by atoms with E-state index in [1.165, 1.54) is 0 Å². The highest BCUT2D eigenvalue weighted by atomic mass is 32.2. The molecular weight excluding hydrogens is 165 g/mol. The third-order valence-corrected chi connectivity index (χ3v) is 1.14. The van der Waals surface area contributed by atoms with Crippen LogP contribution in [0.15, 0.2) is 0 Å². The van der Waals surface area contributed by atoms with Gasteiger partial charge >= 0.3 is 15.6 Å². The molecule has 0 aliphatic carbocycles. The lowest BCUT2D eigenvalue weighted by Gasteiger charge is -2.00. The lowest BCUT2D eigenvalue weighted by molar-refractivity contribution is -0.156. The first-order valence-electron chi connectivity index (χ1n) is 1.45. The first-order valence-corrected chi connectivity index (χ1v) is 2.86. The molecule has 0 rings (SSSR count). The third-order valence-electron chi connectivity index (χ3n) is 0.382. The highest BCUT2D eigenvalue weighted by molar-refractivity contribution is 7.87. The van der Waals surface area contributed by atoms with Gasteiger partial charge in [-0.3, -0.25) is 0 Å². The van der Waals surface area contributed by atoms with Gasteiger partial charge in [0.1, 0.15) is 0 Å². The van der Waals surface area contributed by atoms with Gasteiger partial charge in [-0.05, 0) is 0 Å². The van der Waals surface area contributed by atoms with Crippen molar-refractivity contribution in [2.24, 2.45) is 0 Å². The first kappa shape index (κ1) is 8.66. The molecule has 9 heavy (non-hydrogen) atoms. The van der Waals surface area contributed by atoms with Crippen LogP contribution in [-0.4, -0.2) is 19.2 Å². The summed E-state index contributed by atoms with van der Waals surface area (Å²) in [4.78, 5) is 0. The molecule has 0 spiro atoms. The minimum atomic E-state index is -5.78. The summed E-state index contributed by atoms with van der Waals surface area (Å²) in [5, 5.41) is 7.12. The van der Waals surface area contributed by atoms with Gasteiger partial charge in [0, 0.05) is 0 Å². The molecule has 1 N–H and O–H groups in total. The molecular formula is CHF3O4S. The Hall–Kier alpha value is -0.340. The summed E-state index contributed by atoms with van der Waals surface area (Å²) >= 11 is 0. The van der Waals surface area contributed by atoms with Gasteiger partial charge in [-0.1, -0.05) is 0 Å². The topological polar surface area (TPSA) is 63.6 Å². The molecule has 0 aliphatic heterocycles. The summed E-state index contributed by atoms with van der Waals surface area (Å²) in [6, 6.07) is 0. The highest BCUT2D eigenvalue weighted by Gasteiger charge is 2.47. The summed E-state index contributed by atoms with van der Waals surface area (Å²) in [6.45, 7) is 0. The summed E-state index contributed by atoms with van der Waals surface area (Å²) in [7, 11) is -5.78. The second kappa shape index (κ2) is 2.12. The van der Waals surface area contributed by atoms with Gasteiger partial charge in [0.2, 0.25) is 0 Å². The fraction of sp³-hybridized carbons (Fsp3) is 1.00. The van der Waals surface area contributed by atoms with E-state index in [-0.39, 0.29) is 0 Å². The molecule has 8 heteroatoms. The van der Waals surface area contributed by atoms with Crippen LogP contribution in [0.2, 0.25) is 0 Å². The van der Waals surface area contributed by atoms with Crippen molar-refractivity contribution in [3.8, 4) is 0 Å². The van der Waals surface area contributed by atoms with Crippen molar-refractivity contribution in [1.82, 2.24) is 0 Å². The van der Waals surface area contributed by atoms with Crippen molar-refractivity contribution in [1.29, 1.82) is 0 Å². The zero-order chi connectivity index (χ0) is 7.71. The smallest absolute Gasteiger partial charge is 0.235 e. The van der Waals surface area contributed by atoms with Crippen LogP contribution in [0.4, 0.5) is 13.2 Å². The Morgan fingerprint density at radius 1 is 1.33 bits per heavy atom. The SMILES string of the molecule is O=S(=O)(OO)C(F)(F)F. The standard InChI is InChI=1S/CHF3O4S/c2-1(3,4)9(6,7)8-5/h5H. The van der Waals surface area contributed by atoms with Gasteiger partial charge in [0.05, 0.1) is 0 Å². The van der Waals surface area contributed by atoms with E-state index in [1.54, 1.807) is 0 Å². The van der Waals surface area contributed by atoms with Crippen molar-refractivity contribution >= 4 is 10.1 Å². The lowest BCUT2D eigenvalue weighted by Crippen LogP contribution is -2.24. The van der Waals surface area contributed by atoms with Crippen molar-refractivity contribution in [3.63, 3.8) is 0 Å². The average molecular weight is 166 g/mol. The van der Waals surface area contributed by atoms with Crippen LogP contribution in [0.5, 0.6) is 0 Å². The molecule has 0 unspecified atom stereocenters. The maximum atomic E-state index is 11.0. The van der Waals surface area contributed by atoms with E-state index >= 15 is 0 Å². The monoisotopic (exact) mass is 166 g/mol. The molecule has 0 atom stereocenters. The Labute approximate surface area is 47.9 Å². The molecule has 0 saturated carbocycles. The Morgan fingerprint density at radius 3 is 1.67 bits per heavy atom. The van der Waals surface area contributed by atoms with E-state index < -0.39 is 15.6 Å². The van der Waals surface area contributed by atoms with Crippen LogP contribution in [0.3, 0.4) is 0 Å². The average Bonchev–Trinajstić information content (AvgIpc) is 1.64. The Morgan fingerprint density at radius 2 is 1.67 bits per heavy atom. The van der Waals surface area contributed by atoms with Gasteiger partial charge in [-0.25, -0.2) is 5.26 Å². The van der Waals surface area contributed by atoms with E-state index in [9.17, 15) is 21.6 Å². The van der Waals surface area contributed by atoms with Crippen LogP contribution in [0.25, 0.3) is 0 Å². The fourth-order valence-corrected chi connectivity index (χ4v) is 0.127. The van der Waals surface area contributed by atoms with E-state index in [2.05, 4.69) is 4.33 Å². The van der Waals surface area contributed by atoms with E-state index in [1.807, 2.05) is 0 Å². The number of hydrogen-bond donors (Lipinski definition) is 1. The molecule has 0 aromatic carbocycles. The van der Waals surface area contributed by atoms with E-state index in [4.69, 9.17) is 5.26 Å². The highest BCUT2D eigenvalue weighted by Crippen LogP contribution is 2.23. The predicted molar refractivity (Wildman–Crippen MR) is 18.7 cm³/mol. The third kappa shape index (κ3) is 1.80. The van der Waals surface area contributed by atoms with Crippen LogP contribution in [-0.2, 0) is 14.5 Å². The Balaban J connectivity index is 4.57. The summed E-state index contributed by atoms with van der Waals surface area (Å²) < 4.78 is 53.9. The van der Waals surface area contributed by atoms with Gasteiger partial charge in [0.15, 0.2) is 0 Å². The fourth-order valence-electron chi connectivity index (χ4n) is 0.0423. The molecule has 56 valence electrons. The summed E-state index contributed by atoms with van der Waals surface area (Å²) in [6.07, 6.45) is 0. The minimum absolute atomic E-state index is 2.15. The second-order valence-electron chi connectivity index (χ2n) is 0.974. The van der Waals surface area contributed by atoms with Crippen LogP contribution < -0.4 is 0 Å². The molecule has 0 saturated heterocycles. The van der Waals surface area contributed by atoms with Crippen molar-refractivity contribution in [2.75, 3.05) is 0 Å². The van der Waals surface area contributed by atoms with Crippen molar-refractivity contribution in [3.05, 3.63) is 0 Å². The van der Waals surface area contributed by atoms with Crippen molar-refractivity contribution in [2.45, 2.75) is 5.51 Å². The molecule has 0 radical (unpaired) electrons. The Bertz CT molecular complexity index is 176. The van der Waals surface area contributed by atoms with Crippen molar-refractivity contribution < 1.29 is 31.2 Å². The van der Waals surface area contributed by atoms with Crippen LogP contribution in [0.1, 0.15) is 0 Å². The van der Waals surface area contributed by atoms with Gasteiger partial charge in [-0.15, -0.1) is 4.33 Å². The lowest BCUT2D eigenvalue weighted by atomic mass is 11.6. The predicted octanol–water partition coefficient (Wildman–Crippen LogP) is 0.326. The molecule has 0 aromatic heterocycles. The zero-order valence-corrected chi connectivity index (χ0v) is 4.53. The van der Waals surface area contributed by atoms with Gasteiger partial charge in [0.25, 0.3) is 0 Å². The molecule has 0 aliphatic rings. The Kier molecular flexibility index (Phi) is 2.04. The molecule has 0 fully saturated rings. The van der Waals surface area contributed by atoms with E-state index in [0.29, 0.717) is 0 Å². The quantitative estimate of drug-likeness (QED) is 0.346. The molecule has 4 nitrogen and oxygen atoms in total. The van der Waals surface area contributed by atoms with Crippen LogP contribution >= 0.6 is 0 Å². The molecule has 0 heterocycles. The number of alkyl halides is 3. The number of rotatable bonds is 1. The summed E-state index contributed by atoms with van der Waals surface area (Å²) in [5.41, 5.74) is -5.55. The largest absolute Gasteiger partial charge is 0.525 e. The van der Waals surface area contributed by atoms with Gasteiger partial charge < -0.3 is 0 Å². The number of hydrogen-bond acceptors (Lipinski definition) is 4.